The average Bonchev–Trinajstić information content (AvgIpc) is 2.47. The minimum absolute atomic E-state index is 0.283. The number of ether oxygens (including phenoxy) is 1. The van der Waals surface area contributed by atoms with Crippen LogP contribution in [0.15, 0.2) is 42.5 Å². The first kappa shape index (κ1) is 15.1. The molecule has 0 aliphatic carbocycles. The van der Waals surface area contributed by atoms with Gasteiger partial charge in [-0.05, 0) is 37.2 Å². The summed E-state index contributed by atoms with van der Waals surface area (Å²) in [7, 11) is 1.90. The Kier molecular flexibility index (Phi) is 4.95. The number of carbonyl (C=O) groups is 1. The van der Waals surface area contributed by atoms with Crippen molar-refractivity contribution in [1.82, 2.24) is 5.32 Å². The van der Waals surface area contributed by atoms with Crippen molar-refractivity contribution in [3.05, 3.63) is 64.7 Å². The van der Waals surface area contributed by atoms with Crippen LogP contribution in [0.4, 0.5) is 0 Å². The lowest BCUT2D eigenvalue weighted by Gasteiger charge is -2.14. The Balaban J connectivity index is 2.10. The maximum Gasteiger partial charge on any atom is 0.335 e. The molecule has 4 heteroatoms. The molecule has 0 bridgehead atoms. The van der Waals surface area contributed by atoms with Gasteiger partial charge in [-0.2, -0.15) is 0 Å². The predicted octanol–water partition coefficient (Wildman–Crippen LogP) is 2.99. The molecule has 0 amide bonds. The van der Waals surface area contributed by atoms with E-state index >= 15 is 0 Å². The zero-order chi connectivity index (χ0) is 15.2. The van der Waals surface area contributed by atoms with Gasteiger partial charge >= 0.3 is 5.97 Å². The zero-order valence-corrected chi connectivity index (χ0v) is 12.2. The van der Waals surface area contributed by atoms with Crippen LogP contribution < -0.4 is 10.1 Å². The minimum atomic E-state index is -0.919. The zero-order valence-electron chi connectivity index (χ0n) is 12.2. The van der Waals surface area contributed by atoms with Gasteiger partial charge in [-0.15, -0.1) is 0 Å². The largest absolute Gasteiger partial charge is 0.488 e. The van der Waals surface area contributed by atoms with Gasteiger partial charge in [-0.1, -0.05) is 30.3 Å². The van der Waals surface area contributed by atoms with Crippen molar-refractivity contribution < 1.29 is 14.6 Å². The third-order valence-electron chi connectivity index (χ3n) is 3.24. The summed E-state index contributed by atoms with van der Waals surface area (Å²) in [5.74, 6) is -0.0353. The SMILES string of the molecule is CNCc1cccc(C)c1OCc1ccc(C(=O)O)cc1. The molecule has 2 N–H and O–H groups in total. The molecule has 0 saturated heterocycles. The topological polar surface area (TPSA) is 58.6 Å². The van der Waals surface area contributed by atoms with Crippen molar-refractivity contribution in [2.45, 2.75) is 20.1 Å². The molecule has 0 atom stereocenters. The van der Waals surface area contributed by atoms with Crippen molar-refractivity contribution in [1.29, 1.82) is 0 Å². The maximum absolute atomic E-state index is 10.8. The van der Waals surface area contributed by atoms with E-state index in [2.05, 4.69) is 5.32 Å². The van der Waals surface area contributed by atoms with Crippen LogP contribution in [-0.4, -0.2) is 18.1 Å². The predicted molar refractivity (Wildman–Crippen MR) is 81.7 cm³/mol. The molecule has 2 aromatic carbocycles. The number of carboxylic acid groups (broad SMARTS) is 1. The summed E-state index contributed by atoms with van der Waals surface area (Å²) < 4.78 is 5.92. The van der Waals surface area contributed by atoms with Crippen LogP contribution >= 0.6 is 0 Å². The highest BCUT2D eigenvalue weighted by molar-refractivity contribution is 5.87. The van der Waals surface area contributed by atoms with E-state index in [1.54, 1.807) is 24.3 Å². The molecule has 0 aromatic heterocycles. The van der Waals surface area contributed by atoms with Gasteiger partial charge in [0.2, 0.25) is 0 Å². The highest BCUT2D eigenvalue weighted by atomic mass is 16.5. The maximum atomic E-state index is 10.8. The molecule has 2 rings (SSSR count). The molecule has 21 heavy (non-hydrogen) atoms. The van der Waals surface area contributed by atoms with Crippen LogP contribution in [0.5, 0.6) is 5.75 Å². The molecule has 110 valence electrons. The second-order valence-electron chi connectivity index (χ2n) is 4.88. The van der Waals surface area contributed by atoms with Crippen molar-refractivity contribution in [3.63, 3.8) is 0 Å². The van der Waals surface area contributed by atoms with Gasteiger partial charge in [0.1, 0.15) is 12.4 Å². The van der Waals surface area contributed by atoms with E-state index in [-0.39, 0.29) is 5.56 Å². The van der Waals surface area contributed by atoms with Crippen molar-refractivity contribution in [2.75, 3.05) is 7.05 Å². The molecule has 4 nitrogen and oxygen atoms in total. The van der Waals surface area contributed by atoms with Crippen LogP contribution in [0.1, 0.15) is 27.0 Å². The van der Waals surface area contributed by atoms with Gasteiger partial charge in [-0.25, -0.2) is 4.79 Å². The molecule has 0 heterocycles. The summed E-state index contributed by atoms with van der Waals surface area (Å²) in [5, 5.41) is 12.0. The first-order chi connectivity index (χ1) is 10.1. The lowest BCUT2D eigenvalue weighted by Crippen LogP contribution is -2.08. The molecular formula is C17H19NO3. The molecule has 0 unspecified atom stereocenters. The van der Waals surface area contributed by atoms with E-state index in [9.17, 15) is 4.79 Å². The average molecular weight is 285 g/mol. The summed E-state index contributed by atoms with van der Waals surface area (Å²) in [6, 6.07) is 12.8. The highest BCUT2D eigenvalue weighted by Gasteiger charge is 2.07. The summed E-state index contributed by atoms with van der Waals surface area (Å²) in [6.07, 6.45) is 0. The van der Waals surface area contributed by atoms with Gasteiger partial charge in [0.25, 0.3) is 0 Å². The molecule has 0 aliphatic rings. The van der Waals surface area contributed by atoms with Crippen LogP contribution in [0, 0.1) is 6.92 Å². The van der Waals surface area contributed by atoms with Crippen LogP contribution in [0.3, 0.4) is 0 Å². The Morgan fingerprint density at radius 3 is 2.52 bits per heavy atom. The first-order valence-corrected chi connectivity index (χ1v) is 6.80. The van der Waals surface area contributed by atoms with Crippen LogP contribution in [0.2, 0.25) is 0 Å². The third-order valence-corrected chi connectivity index (χ3v) is 3.24. The quantitative estimate of drug-likeness (QED) is 0.856. The fourth-order valence-corrected chi connectivity index (χ4v) is 2.15. The van der Waals surface area contributed by atoms with E-state index in [1.165, 1.54) is 0 Å². The second-order valence-corrected chi connectivity index (χ2v) is 4.88. The lowest BCUT2D eigenvalue weighted by molar-refractivity contribution is 0.0697. The molecule has 0 spiro atoms. The van der Waals surface area contributed by atoms with Gasteiger partial charge in [-0.3, -0.25) is 0 Å². The summed E-state index contributed by atoms with van der Waals surface area (Å²) in [4.78, 5) is 10.8. The van der Waals surface area contributed by atoms with E-state index in [4.69, 9.17) is 9.84 Å². The summed E-state index contributed by atoms with van der Waals surface area (Å²) in [5.41, 5.74) is 3.42. The molecule has 0 fully saturated rings. The molecule has 0 saturated carbocycles. The van der Waals surface area contributed by atoms with Gasteiger partial charge < -0.3 is 15.2 Å². The standard InChI is InChI=1S/C17H19NO3/c1-12-4-3-5-15(10-18-2)16(12)21-11-13-6-8-14(9-7-13)17(19)20/h3-9,18H,10-11H2,1-2H3,(H,19,20). The second kappa shape index (κ2) is 6.90. The number of aryl methyl sites for hydroxylation is 1. The number of para-hydroxylation sites is 1. The number of carboxylic acids is 1. The number of benzene rings is 2. The number of hydrogen-bond acceptors (Lipinski definition) is 3. The molecule has 0 radical (unpaired) electrons. The Bertz CT molecular complexity index is 620. The lowest BCUT2D eigenvalue weighted by atomic mass is 10.1. The number of hydrogen-bond donors (Lipinski definition) is 2. The number of nitrogens with one attached hydrogen (secondary N) is 1. The van der Waals surface area contributed by atoms with Gasteiger partial charge in [0.05, 0.1) is 5.56 Å². The molecular weight excluding hydrogens is 266 g/mol. The normalized spacial score (nSPS) is 10.4. The van der Waals surface area contributed by atoms with Crippen molar-refractivity contribution in [2.24, 2.45) is 0 Å². The van der Waals surface area contributed by atoms with E-state index in [1.807, 2.05) is 32.2 Å². The summed E-state index contributed by atoms with van der Waals surface area (Å²) >= 11 is 0. The Morgan fingerprint density at radius 1 is 1.19 bits per heavy atom. The third kappa shape index (κ3) is 3.83. The fourth-order valence-electron chi connectivity index (χ4n) is 2.15. The van der Waals surface area contributed by atoms with Crippen LogP contribution in [-0.2, 0) is 13.2 Å². The first-order valence-electron chi connectivity index (χ1n) is 6.80. The Hall–Kier alpha value is -2.33. The summed E-state index contributed by atoms with van der Waals surface area (Å²) in [6.45, 7) is 3.18. The molecule has 2 aromatic rings. The van der Waals surface area contributed by atoms with Crippen molar-refractivity contribution in [3.8, 4) is 5.75 Å². The fraction of sp³-hybridized carbons (Fsp3) is 0.235. The van der Waals surface area contributed by atoms with E-state index in [0.717, 1.165) is 29.0 Å². The molecule has 0 aliphatic heterocycles. The minimum Gasteiger partial charge on any atom is -0.488 e. The Morgan fingerprint density at radius 2 is 1.90 bits per heavy atom. The van der Waals surface area contributed by atoms with Crippen LogP contribution in [0.25, 0.3) is 0 Å². The number of rotatable bonds is 6. The van der Waals surface area contributed by atoms with E-state index in [0.29, 0.717) is 6.61 Å². The Labute approximate surface area is 124 Å². The number of aromatic carboxylic acids is 1. The van der Waals surface area contributed by atoms with E-state index < -0.39 is 5.97 Å². The van der Waals surface area contributed by atoms with Gasteiger partial charge in [0, 0.05) is 12.1 Å². The highest BCUT2D eigenvalue weighted by Crippen LogP contribution is 2.24. The van der Waals surface area contributed by atoms with Crippen molar-refractivity contribution >= 4 is 5.97 Å². The smallest absolute Gasteiger partial charge is 0.335 e. The monoisotopic (exact) mass is 285 g/mol. The van der Waals surface area contributed by atoms with Gasteiger partial charge in [0.15, 0.2) is 0 Å².